The maximum Gasteiger partial charge on any atom is 0.188 e. The summed E-state index contributed by atoms with van der Waals surface area (Å²) in [5, 5.41) is 0. The first-order valence-corrected chi connectivity index (χ1v) is 12.4. The van der Waals surface area contributed by atoms with E-state index in [2.05, 4.69) is 41.0 Å². The monoisotopic (exact) mass is 504 g/mol. The smallest absolute Gasteiger partial charge is 0.188 e. The Labute approximate surface area is 218 Å². The molecule has 3 aromatic rings. The van der Waals surface area contributed by atoms with Gasteiger partial charge in [0.15, 0.2) is 46.3 Å². The zero-order chi connectivity index (χ0) is 26.1. The third kappa shape index (κ3) is 4.32. The molecular weight excluding hydrogens is 470 g/mol. The van der Waals surface area contributed by atoms with Gasteiger partial charge < -0.3 is 28.4 Å². The van der Waals surface area contributed by atoms with Gasteiger partial charge in [-0.1, -0.05) is 6.07 Å². The van der Waals surface area contributed by atoms with Crippen LogP contribution in [0.2, 0.25) is 0 Å². The predicted octanol–water partition coefficient (Wildman–Crippen LogP) is 4.64. The molecule has 0 N–H and O–H groups in total. The number of benzene rings is 3. The number of hydrogen-bond donors (Lipinski definition) is 0. The van der Waals surface area contributed by atoms with Crippen molar-refractivity contribution in [1.82, 2.24) is 0 Å². The quantitative estimate of drug-likeness (QED) is 0.417. The summed E-state index contributed by atoms with van der Waals surface area (Å²) in [5.41, 5.74) is 7.39. The third-order valence-corrected chi connectivity index (χ3v) is 7.50. The standard InChI is InChI=1S/C30H34NO6/c1-32-25-8-7-18(12-26(25)33-2)11-23-22-17-30(37-6)28(35-4)15-20(22)13-24-21-16-29(36-5)27(34-3)14-19(21)9-10-31(23)24/h7-8,12,14-17,24H,9-11,13H2,1-6H3/q+1. The lowest BCUT2D eigenvalue weighted by molar-refractivity contribution is -0.578. The maximum absolute atomic E-state index is 5.69. The van der Waals surface area contributed by atoms with E-state index in [4.69, 9.17) is 28.4 Å². The SMILES string of the molecule is COc1ccc(CC2=[N+]3CCc4cc(OC)c(OC)cc4C3Cc3cc(OC)c(OC)cc32)cc1OC. The highest BCUT2D eigenvalue weighted by atomic mass is 16.5. The van der Waals surface area contributed by atoms with E-state index in [0.29, 0.717) is 0 Å². The zero-order valence-electron chi connectivity index (χ0n) is 22.3. The van der Waals surface area contributed by atoms with E-state index < -0.39 is 0 Å². The van der Waals surface area contributed by atoms with Gasteiger partial charge >= 0.3 is 0 Å². The number of fused-ring (bicyclic) bond motifs is 4. The summed E-state index contributed by atoms with van der Waals surface area (Å²) in [7, 11) is 10.1. The van der Waals surface area contributed by atoms with Crippen LogP contribution in [-0.4, -0.2) is 59.5 Å². The molecule has 2 aliphatic heterocycles. The Morgan fingerprint density at radius 3 is 1.86 bits per heavy atom. The van der Waals surface area contributed by atoms with E-state index >= 15 is 0 Å². The lowest BCUT2D eigenvalue weighted by Crippen LogP contribution is -2.39. The summed E-state index contributed by atoms with van der Waals surface area (Å²) in [5.74, 6) is 4.44. The van der Waals surface area contributed by atoms with Crippen molar-refractivity contribution < 1.29 is 33.0 Å². The maximum atomic E-state index is 5.69. The van der Waals surface area contributed by atoms with Crippen LogP contribution in [0, 0.1) is 0 Å². The molecule has 0 fully saturated rings. The second-order valence-corrected chi connectivity index (χ2v) is 9.25. The van der Waals surface area contributed by atoms with Crippen LogP contribution in [0.25, 0.3) is 0 Å². The van der Waals surface area contributed by atoms with Gasteiger partial charge in [-0.25, -0.2) is 4.58 Å². The molecule has 5 rings (SSSR count). The molecule has 2 aliphatic rings. The van der Waals surface area contributed by atoms with E-state index in [9.17, 15) is 0 Å². The van der Waals surface area contributed by atoms with Crippen molar-refractivity contribution in [2.24, 2.45) is 0 Å². The zero-order valence-corrected chi connectivity index (χ0v) is 22.3. The Bertz CT molecular complexity index is 1360. The average Bonchev–Trinajstić information content (AvgIpc) is 2.95. The molecule has 1 atom stereocenters. The fraction of sp³-hybridized carbons (Fsp3) is 0.367. The van der Waals surface area contributed by atoms with Crippen LogP contribution < -0.4 is 28.4 Å². The molecule has 0 aromatic heterocycles. The van der Waals surface area contributed by atoms with Gasteiger partial charge in [-0.15, -0.1) is 0 Å². The van der Waals surface area contributed by atoms with E-state index in [1.165, 1.54) is 28.0 Å². The van der Waals surface area contributed by atoms with Crippen molar-refractivity contribution in [3.05, 3.63) is 70.3 Å². The lowest BCUT2D eigenvalue weighted by atomic mass is 9.82. The van der Waals surface area contributed by atoms with Crippen molar-refractivity contribution in [3.8, 4) is 34.5 Å². The van der Waals surface area contributed by atoms with E-state index in [1.807, 2.05) is 6.07 Å². The highest BCUT2D eigenvalue weighted by molar-refractivity contribution is 6.01. The Kier molecular flexibility index (Phi) is 6.87. The highest BCUT2D eigenvalue weighted by Gasteiger charge is 2.40. The Balaban J connectivity index is 1.68. The van der Waals surface area contributed by atoms with Gasteiger partial charge in [-0.2, -0.15) is 0 Å². The Morgan fingerprint density at radius 2 is 1.22 bits per heavy atom. The molecule has 37 heavy (non-hydrogen) atoms. The van der Waals surface area contributed by atoms with Crippen LogP contribution in [0.5, 0.6) is 34.5 Å². The molecule has 7 nitrogen and oxygen atoms in total. The second-order valence-electron chi connectivity index (χ2n) is 9.25. The molecule has 0 amide bonds. The van der Waals surface area contributed by atoms with E-state index in [-0.39, 0.29) is 6.04 Å². The molecule has 7 heteroatoms. The highest BCUT2D eigenvalue weighted by Crippen LogP contribution is 2.43. The average molecular weight is 505 g/mol. The largest absolute Gasteiger partial charge is 0.493 e. The van der Waals surface area contributed by atoms with Crippen LogP contribution in [0.4, 0.5) is 0 Å². The number of methoxy groups -OCH3 is 6. The van der Waals surface area contributed by atoms with Gasteiger partial charge in [-0.05, 0) is 53.1 Å². The number of hydrogen-bond acceptors (Lipinski definition) is 6. The molecule has 194 valence electrons. The van der Waals surface area contributed by atoms with Gasteiger partial charge in [0.25, 0.3) is 0 Å². The predicted molar refractivity (Wildman–Crippen MR) is 142 cm³/mol. The van der Waals surface area contributed by atoms with E-state index in [0.717, 1.165) is 65.9 Å². The topological polar surface area (TPSA) is 58.4 Å². The summed E-state index contributed by atoms with van der Waals surface area (Å²) >= 11 is 0. The van der Waals surface area contributed by atoms with Crippen LogP contribution in [-0.2, 0) is 19.3 Å². The molecule has 0 saturated carbocycles. The molecule has 0 bridgehead atoms. The van der Waals surface area contributed by atoms with Crippen LogP contribution >= 0.6 is 0 Å². The van der Waals surface area contributed by atoms with Gasteiger partial charge in [0.1, 0.15) is 6.54 Å². The van der Waals surface area contributed by atoms with Crippen LogP contribution in [0.1, 0.15) is 33.9 Å². The van der Waals surface area contributed by atoms with Crippen molar-refractivity contribution in [3.63, 3.8) is 0 Å². The third-order valence-electron chi connectivity index (χ3n) is 7.50. The minimum absolute atomic E-state index is 0.171. The van der Waals surface area contributed by atoms with Crippen molar-refractivity contribution in [2.75, 3.05) is 49.2 Å². The molecule has 0 spiro atoms. The molecule has 0 radical (unpaired) electrons. The molecule has 2 heterocycles. The van der Waals surface area contributed by atoms with Crippen molar-refractivity contribution in [2.45, 2.75) is 25.3 Å². The fourth-order valence-corrected chi connectivity index (χ4v) is 5.67. The van der Waals surface area contributed by atoms with Crippen molar-refractivity contribution >= 4 is 5.71 Å². The second kappa shape index (κ2) is 10.2. The number of rotatable bonds is 8. The van der Waals surface area contributed by atoms with Crippen LogP contribution in [0.15, 0.2) is 42.5 Å². The summed E-state index contributed by atoms with van der Waals surface area (Å²) < 4.78 is 36.2. The summed E-state index contributed by atoms with van der Waals surface area (Å²) in [4.78, 5) is 0. The Hall–Kier alpha value is -3.87. The summed E-state index contributed by atoms with van der Waals surface area (Å²) in [6.45, 7) is 0.906. The molecular formula is C30H34NO6+. The summed E-state index contributed by atoms with van der Waals surface area (Å²) in [6.07, 6.45) is 2.51. The number of ether oxygens (including phenoxy) is 6. The Morgan fingerprint density at radius 1 is 0.649 bits per heavy atom. The molecule has 0 saturated heterocycles. The normalized spacial score (nSPS) is 15.8. The first kappa shape index (κ1) is 24.8. The minimum atomic E-state index is 0.171. The van der Waals surface area contributed by atoms with Crippen molar-refractivity contribution in [1.29, 1.82) is 0 Å². The van der Waals surface area contributed by atoms with Crippen LogP contribution in [0.3, 0.4) is 0 Å². The van der Waals surface area contributed by atoms with Gasteiger partial charge in [0.2, 0.25) is 0 Å². The minimum Gasteiger partial charge on any atom is -0.493 e. The van der Waals surface area contributed by atoms with E-state index in [1.54, 1.807) is 42.7 Å². The van der Waals surface area contributed by atoms with Gasteiger partial charge in [0.05, 0.1) is 49.1 Å². The fourth-order valence-electron chi connectivity index (χ4n) is 5.67. The molecule has 1 unspecified atom stereocenters. The van der Waals surface area contributed by atoms with Gasteiger partial charge in [-0.3, -0.25) is 0 Å². The summed E-state index contributed by atoms with van der Waals surface area (Å²) in [6, 6.07) is 14.8. The first-order valence-electron chi connectivity index (χ1n) is 12.4. The lowest BCUT2D eigenvalue weighted by Gasteiger charge is -2.31. The first-order chi connectivity index (χ1) is 18.0. The number of nitrogens with zero attached hydrogens (tertiary/aromatic N) is 1. The van der Waals surface area contributed by atoms with Gasteiger partial charge in [0, 0.05) is 24.0 Å². The molecule has 0 aliphatic carbocycles. The molecule has 3 aromatic carbocycles.